The second-order valence-electron chi connectivity index (χ2n) is 3.15. The zero-order valence-corrected chi connectivity index (χ0v) is 11.0. The number of pyridine rings is 1. The Labute approximate surface area is 107 Å². The lowest BCUT2D eigenvalue weighted by Gasteiger charge is -2.04. The molecule has 1 aromatic carbocycles. The van der Waals surface area contributed by atoms with Gasteiger partial charge in [0.1, 0.15) is 12.5 Å². The van der Waals surface area contributed by atoms with Gasteiger partial charge in [0.25, 0.3) is 0 Å². The third kappa shape index (κ3) is 3.93. The molecule has 5 heteroatoms. The molecule has 1 N–H and O–H groups in total. The van der Waals surface area contributed by atoms with Crippen LogP contribution in [0.4, 0.5) is 14.6 Å². The van der Waals surface area contributed by atoms with Crippen molar-refractivity contribution in [3.05, 3.63) is 34.8 Å². The van der Waals surface area contributed by atoms with Gasteiger partial charge in [0.2, 0.25) is 0 Å². The first-order valence-corrected chi connectivity index (χ1v) is 5.83. The van der Waals surface area contributed by atoms with Crippen LogP contribution in [0.15, 0.2) is 34.8 Å². The van der Waals surface area contributed by atoms with Crippen molar-refractivity contribution in [2.24, 2.45) is 0 Å². The normalized spacial score (nSPS) is 9.65. The summed E-state index contributed by atoms with van der Waals surface area (Å²) in [5.41, 5.74) is 0.897. The number of alkyl halides is 2. The Morgan fingerprint density at radius 1 is 1.24 bits per heavy atom. The van der Waals surface area contributed by atoms with Gasteiger partial charge in [-0.15, -0.1) is 0 Å². The molecular formula is C12H13BrF2N2. The number of fused-ring (bicyclic) bond motifs is 1. The molecular weight excluding hydrogens is 290 g/mol. The van der Waals surface area contributed by atoms with Gasteiger partial charge in [-0.05, 0) is 24.3 Å². The molecule has 0 aliphatic carbocycles. The number of hydrogen-bond acceptors (Lipinski definition) is 2. The molecule has 92 valence electrons. The monoisotopic (exact) mass is 302 g/mol. The maximum Gasteiger partial charge on any atom is 0.126 e. The van der Waals surface area contributed by atoms with Gasteiger partial charge < -0.3 is 5.32 Å². The van der Waals surface area contributed by atoms with E-state index in [9.17, 15) is 8.78 Å². The van der Waals surface area contributed by atoms with Crippen molar-refractivity contribution in [3.8, 4) is 0 Å². The zero-order valence-electron chi connectivity index (χ0n) is 9.38. The zero-order chi connectivity index (χ0) is 12.7. The Bertz CT molecular complexity index is 477. The Balaban J connectivity index is 0.000000686. The SMILES string of the molecule is CF.FCCNc1ccc2ccc(Br)cc2n1. The van der Waals surface area contributed by atoms with Crippen molar-refractivity contribution in [1.29, 1.82) is 0 Å². The molecule has 2 rings (SSSR count). The average molecular weight is 303 g/mol. The average Bonchev–Trinajstić information content (AvgIpc) is 2.38. The highest BCUT2D eigenvalue weighted by Gasteiger charge is 1.98. The minimum absolute atomic E-state index is 0.298. The second kappa shape index (κ2) is 7.17. The van der Waals surface area contributed by atoms with Gasteiger partial charge >= 0.3 is 0 Å². The smallest absolute Gasteiger partial charge is 0.126 e. The van der Waals surface area contributed by atoms with Crippen molar-refractivity contribution in [1.82, 2.24) is 4.98 Å². The number of nitrogens with zero attached hydrogens (tertiary/aromatic N) is 1. The van der Waals surface area contributed by atoms with E-state index in [0.29, 0.717) is 19.5 Å². The van der Waals surface area contributed by atoms with Crippen LogP contribution in [0.5, 0.6) is 0 Å². The molecule has 1 aromatic heterocycles. The minimum atomic E-state index is -0.391. The van der Waals surface area contributed by atoms with E-state index in [4.69, 9.17) is 0 Å². The van der Waals surface area contributed by atoms with Gasteiger partial charge in [-0.3, -0.25) is 4.39 Å². The summed E-state index contributed by atoms with van der Waals surface area (Å²) in [6.07, 6.45) is 0. The third-order valence-corrected chi connectivity index (χ3v) is 2.55. The van der Waals surface area contributed by atoms with E-state index in [1.807, 2.05) is 30.3 Å². The Kier molecular flexibility index (Phi) is 5.83. The Hall–Kier alpha value is -1.23. The molecule has 1 heterocycles. The fraction of sp³-hybridized carbons (Fsp3) is 0.250. The van der Waals surface area contributed by atoms with Crippen molar-refractivity contribution in [2.75, 3.05) is 25.7 Å². The standard InChI is InChI=1S/C11H10BrFN2.CH3F/c12-9-3-1-8-2-4-11(14-6-5-13)15-10(8)7-9;1-2/h1-4,7H,5-6H2,(H,14,15);1H3. The largest absolute Gasteiger partial charge is 0.367 e. The number of anilines is 1. The summed E-state index contributed by atoms with van der Waals surface area (Å²) in [4.78, 5) is 4.37. The highest BCUT2D eigenvalue weighted by atomic mass is 79.9. The number of benzene rings is 1. The van der Waals surface area contributed by atoms with Gasteiger partial charge in [-0.1, -0.05) is 22.0 Å². The van der Waals surface area contributed by atoms with Crippen molar-refractivity contribution in [3.63, 3.8) is 0 Å². The number of aromatic nitrogens is 1. The van der Waals surface area contributed by atoms with Crippen LogP contribution in [-0.2, 0) is 0 Å². The van der Waals surface area contributed by atoms with E-state index in [1.54, 1.807) is 0 Å². The van der Waals surface area contributed by atoms with E-state index >= 15 is 0 Å². The molecule has 0 spiro atoms. The molecule has 17 heavy (non-hydrogen) atoms. The predicted octanol–water partition coefficient (Wildman–Crippen LogP) is 3.96. The molecule has 0 saturated carbocycles. The van der Waals surface area contributed by atoms with Gasteiger partial charge in [-0.2, -0.15) is 0 Å². The van der Waals surface area contributed by atoms with Crippen LogP contribution in [-0.4, -0.2) is 25.4 Å². The van der Waals surface area contributed by atoms with Crippen LogP contribution in [0, 0.1) is 0 Å². The maximum absolute atomic E-state index is 12.0. The first kappa shape index (κ1) is 13.8. The first-order valence-electron chi connectivity index (χ1n) is 5.03. The summed E-state index contributed by atoms with van der Waals surface area (Å²) < 4.78 is 22.4. The number of halogens is 3. The lowest BCUT2D eigenvalue weighted by Crippen LogP contribution is -2.04. The van der Waals surface area contributed by atoms with Crippen LogP contribution < -0.4 is 5.32 Å². The van der Waals surface area contributed by atoms with Crippen LogP contribution >= 0.6 is 15.9 Å². The van der Waals surface area contributed by atoms with E-state index in [0.717, 1.165) is 15.4 Å². The topological polar surface area (TPSA) is 24.9 Å². The number of nitrogens with one attached hydrogen (secondary N) is 1. The molecule has 0 amide bonds. The van der Waals surface area contributed by atoms with E-state index in [1.165, 1.54) is 0 Å². The van der Waals surface area contributed by atoms with E-state index in [2.05, 4.69) is 26.2 Å². The minimum Gasteiger partial charge on any atom is -0.367 e. The third-order valence-electron chi connectivity index (χ3n) is 2.05. The van der Waals surface area contributed by atoms with Crippen LogP contribution in [0.2, 0.25) is 0 Å². The Morgan fingerprint density at radius 2 is 1.94 bits per heavy atom. The van der Waals surface area contributed by atoms with Gasteiger partial charge in [0.15, 0.2) is 0 Å². The molecule has 0 aliphatic rings. The van der Waals surface area contributed by atoms with Gasteiger partial charge in [-0.25, -0.2) is 9.37 Å². The second-order valence-corrected chi connectivity index (χ2v) is 4.06. The lowest BCUT2D eigenvalue weighted by atomic mass is 10.2. The summed E-state index contributed by atoms with van der Waals surface area (Å²) in [7, 11) is 0.500. The number of hydrogen-bond donors (Lipinski definition) is 1. The maximum atomic E-state index is 12.0. The molecule has 0 unspecified atom stereocenters. The lowest BCUT2D eigenvalue weighted by molar-refractivity contribution is 0.512. The molecule has 0 bridgehead atoms. The summed E-state index contributed by atoms with van der Waals surface area (Å²) in [5, 5.41) is 3.98. The Morgan fingerprint density at radius 3 is 2.65 bits per heavy atom. The van der Waals surface area contributed by atoms with E-state index < -0.39 is 6.67 Å². The highest BCUT2D eigenvalue weighted by molar-refractivity contribution is 9.10. The molecule has 2 aromatic rings. The fourth-order valence-electron chi connectivity index (χ4n) is 1.36. The van der Waals surface area contributed by atoms with Crippen LogP contribution in [0.25, 0.3) is 10.9 Å². The summed E-state index contributed by atoms with van der Waals surface area (Å²) >= 11 is 3.39. The van der Waals surface area contributed by atoms with Crippen LogP contribution in [0.1, 0.15) is 0 Å². The molecule has 0 saturated heterocycles. The predicted molar refractivity (Wildman–Crippen MR) is 70.9 cm³/mol. The molecule has 0 fully saturated rings. The van der Waals surface area contributed by atoms with Gasteiger partial charge in [0.05, 0.1) is 12.7 Å². The summed E-state index contributed by atoms with van der Waals surface area (Å²) in [6.45, 7) is -0.0925. The van der Waals surface area contributed by atoms with Crippen molar-refractivity contribution >= 4 is 32.7 Å². The highest BCUT2D eigenvalue weighted by Crippen LogP contribution is 2.19. The summed E-state index contributed by atoms with van der Waals surface area (Å²) in [5.74, 6) is 0.707. The van der Waals surface area contributed by atoms with Gasteiger partial charge in [0, 0.05) is 16.4 Å². The molecule has 0 aliphatic heterocycles. The van der Waals surface area contributed by atoms with Crippen molar-refractivity contribution in [2.45, 2.75) is 0 Å². The fourth-order valence-corrected chi connectivity index (χ4v) is 1.71. The quantitative estimate of drug-likeness (QED) is 0.928. The van der Waals surface area contributed by atoms with Crippen molar-refractivity contribution < 1.29 is 8.78 Å². The molecule has 0 atom stereocenters. The molecule has 2 nitrogen and oxygen atoms in total. The first-order chi connectivity index (χ1) is 8.29. The summed E-state index contributed by atoms with van der Waals surface area (Å²) in [6, 6.07) is 9.72. The van der Waals surface area contributed by atoms with Crippen LogP contribution in [0.3, 0.4) is 0 Å². The van der Waals surface area contributed by atoms with E-state index in [-0.39, 0.29) is 0 Å². The molecule has 0 radical (unpaired) electrons. The number of rotatable bonds is 3.